The van der Waals surface area contributed by atoms with Crippen molar-refractivity contribution < 1.29 is 36.6 Å². The number of carboxylic acid groups (broad SMARTS) is 1. The molecule has 18 heavy (non-hydrogen) atoms. The van der Waals surface area contributed by atoms with Crippen molar-refractivity contribution in [2.24, 2.45) is 0 Å². The Morgan fingerprint density at radius 1 is 1.44 bits per heavy atom. The molecule has 1 heterocycles. The van der Waals surface area contributed by atoms with Crippen LogP contribution < -0.4 is 10.5 Å². The Morgan fingerprint density at radius 3 is 2.39 bits per heavy atom. The highest BCUT2D eigenvalue weighted by Gasteiger charge is 2.33. The van der Waals surface area contributed by atoms with E-state index in [2.05, 4.69) is 9.72 Å². The Bertz CT molecular complexity index is 475. The summed E-state index contributed by atoms with van der Waals surface area (Å²) in [5.74, 6) is -3.07. The van der Waals surface area contributed by atoms with E-state index in [0.717, 1.165) is 0 Å². The van der Waals surface area contributed by atoms with Crippen molar-refractivity contribution >= 4 is 11.7 Å². The minimum Gasteiger partial charge on any atom is -0.478 e. The van der Waals surface area contributed by atoms with Crippen LogP contribution in [0.3, 0.4) is 0 Å². The Balaban J connectivity index is 3.32. The number of carbonyl (C=O) groups is 1. The highest BCUT2D eigenvalue weighted by atomic mass is 19.4. The van der Waals surface area contributed by atoms with E-state index in [9.17, 15) is 26.7 Å². The van der Waals surface area contributed by atoms with E-state index < -0.39 is 41.6 Å². The van der Waals surface area contributed by atoms with Gasteiger partial charge in [-0.3, -0.25) is 0 Å². The van der Waals surface area contributed by atoms with Gasteiger partial charge in [0, 0.05) is 6.07 Å². The second-order valence-corrected chi connectivity index (χ2v) is 2.96. The van der Waals surface area contributed by atoms with Crippen molar-refractivity contribution in [2.75, 3.05) is 5.73 Å². The van der Waals surface area contributed by atoms with Gasteiger partial charge in [-0.05, 0) is 0 Å². The van der Waals surface area contributed by atoms with Crippen molar-refractivity contribution in [1.29, 1.82) is 0 Å². The summed E-state index contributed by atoms with van der Waals surface area (Å²) < 4.78 is 63.8. The largest absolute Gasteiger partial charge is 0.574 e. The molecule has 1 aromatic heterocycles. The number of nitrogens with zero attached hydrogens (tertiary/aromatic N) is 1. The predicted molar refractivity (Wildman–Crippen MR) is 47.2 cm³/mol. The number of carboxylic acids is 1. The number of ether oxygens (including phenoxy) is 1. The van der Waals surface area contributed by atoms with Crippen LogP contribution in [-0.2, 0) is 0 Å². The zero-order valence-electron chi connectivity index (χ0n) is 8.33. The van der Waals surface area contributed by atoms with Gasteiger partial charge in [-0.15, -0.1) is 13.2 Å². The Morgan fingerprint density at radius 2 is 2.00 bits per heavy atom. The van der Waals surface area contributed by atoms with Crippen LogP contribution in [0.1, 0.15) is 22.5 Å². The SMILES string of the molecule is Nc1cc(OC(F)(F)F)nc(C(F)F)c1C(=O)O. The van der Waals surface area contributed by atoms with E-state index in [1.807, 2.05) is 0 Å². The van der Waals surface area contributed by atoms with E-state index in [1.165, 1.54) is 0 Å². The average molecular weight is 272 g/mol. The monoisotopic (exact) mass is 272 g/mol. The minimum atomic E-state index is -5.15. The van der Waals surface area contributed by atoms with Gasteiger partial charge in [0.1, 0.15) is 11.3 Å². The summed E-state index contributed by atoms with van der Waals surface area (Å²) in [6.45, 7) is 0. The van der Waals surface area contributed by atoms with E-state index >= 15 is 0 Å². The molecule has 10 heteroatoms. The summed E-state index contributed by atoms with van der Waals surface area (Å²) in [6.07, 6.45) is -8.56. The highest BCUT2D eigenvalue weighted by Crippen LogP contribution is 2.30. The van der Waals surface area contributed by atoms with Gasteiger partial charge in [-0.25, -0.2) is 18.6 Å². The lowest BCUT2D eigenvalue weighted by Crippen LogP contribution is -2.19. The predicted octanol–water partition coefficient (Wildman–Crippen LogP) is 2.20. The fourth-order valence-corrected chi connectivity index (χ4v) is 1.12. The van der Waals surface area contributed by atoms with Crippen LogP contribution in [0, 0.1) is 0 Å². The molecule has 0 aliphatic rings. The van der Waals surface area contributed by atoms with E-state index in [4.69, 9.17) is 10.8 Å². The van der Waals surface area contributed by atoms with Crippen molar-refractivity contribution in [3.05, 3.63) is 17.3 Å². The molecule has 0 aromatic carbocycles. The van der Waals surface area contributed by atoms with Crippen molar-refractivity contribution in [3.63, 3.8) is 0 Å². The summed E-state index contributed by atoms with van der Waals surface area (Å²) in [6, 6.07) is 0.406. The number of halogens is 5. The molecule has 0 spiro atoms. The summed E-state index contributed by atoms with van der Waals surface area (Å²) in [7, 11) is 0. The molecule has 1 aromatic rings. The molecule has 0 fully saturated rings. The lowest BCUT2D eigenvalue weighted by atomic mass is 10.1. The number of aromatic carboxylic acids is 1. The van der Waals surface area contributed by atoms with Gasteiger partial charge in [0.05, 0.1) is 5.69 Å². The lowest BCUT2D eigenvalue weighted by Gasteiger charge is -2.12. The summed E-state index contributed by atoms with van der Waals surface area (Å²) >= 11 is 0. The van der Waals surface area contributed by atoms with Gasteiger partial charge in [-0.2, -0.15) is 0 Å². The summed E-state index contributed by atoms with van der Waals surface area (Å²) in [5, 5.41) is 8.60. The first kappa shape index (κ1) is 13.9. The van der Waals surface area contributed by atoms with Gasteiger partial charge in [-0.1, -0.05) is 0 Å². The number of nitrogens with two attached hydrogens (primary N) is 1. The standard InChI is InChI=1S/C8H5F5N2O3/c9-6(10)5-4(7(16)17)2(14)1-3(15-5)18-8(11,12)13/h1,6H,(H2,14,15)(H,16,17). The molecule has 0 saturated heterocycles. The molecule has 0 amide bonds. The number of aromatic nitrogens is 1. The third-order valence-electron chi connectivity index (χ3n) is 1.70. The normalized spacial score (nSPS) is 11.7. The first-order chi connectivity index (χ1) is 8.11. The van der Waals surface area contributed by atoms with Crippen LogP contribution >= 0.6 is 0 Å². The molecular formula is C8H5F5N2O3. The average Bonchev–Trinajstić information content (AvgIpc) is 2.12. The number of rotatable bonds is 3. The maximum absolute atomic E-state index is 12.5. The third-order valence-corrected chi connectivity index (χ3v) is 1.70. The second kappa shape index (κ2) is 4.63. The van der Waals surface area contributed by atoms with Crippen LogP contribution in [-0.4, -0.2) is 22.4 Å². The molecule has 0 aliphatic heterocycles. The smallest absolute Gasteiger partial charge is 0.478 e. The minimum absolute atomic E-state index is 0.406. The molecule has 0 atom stereocenters. The van der Waals surface area contributed by atoms with E-state index in [1.54, 1.807) is 0 Å². The van der Waals surface area contributed by atoms with Crippen LogP contribution in [0.25, 0.3) is 0 Å². The van der Waals surface area contributed by atoms with E-state index in [0.29, 0.717) is 6.07 Å². The molecule has 3 N–H and O–H groups in total. The highest BCUT2D eigenvalue weighted by molar-refractivity contribution is 5.95. The molecular weight excluding hydrogens is 267 g/mol. The number of pyridine rings is 1. The topological polar surface area (TPSA) is 85.4 Å². The Hall–Kier alpha value is -2.13. The molecule has 0 saturated carbocycles. The molecule has 0 bridgehead atoms. The van der Waals surface area contributed by atoms with Crippen molar-refractivity contribution in [2.45, 2.75) is 12.8 Å². The van der Waals surface area contributed by atoms with Gasteiger partial charge >= 0.3 is 12.3 Å². The molecule has 0 aliphatic carbocycles. The van der Waals surface area contributed by atoms with Gasteiger partial charge in [0.25, 0.3) is 6.43 Å². The van der Waals surface area contributed by atoms with Crippen LogP contribution in [0.2, 0.25) is 0 Å². The maximum atomic E-state index is 12.5. The maximum Gasteiger partial charge on any atom is 0.574 e. The van der Waals surface area contributed by atoms with Crippen molar-refractivity contribution in [1.82, 2.24) is 4.98 Å². The van der Waals surface area contributed by atoms with Crippen LogP contribution in [0.15, 0.2) is 6.07 Å². The van der Waals surface area contributed by atoms with Crippen molar-refractivity contribution in [3.8, 4) is 5.88 Å². The fourth-order valence-electron chi connectivity index (χ4n) is 1.12. The van der Waals surface area contributed by atoms with Gasteiger partial charge in [0.15, 0.2) is 0 Å². The molecule has 1 rings (SSSR count). The zero-order valence-corrected chi connectivity index (χ0v) is 8.33. The van der Waals surface area contributed by atoms with Crippen LogP contribution in [0.4, 0.5) is 27.6 Å². The molecule has 100 valence electrons. The number of hydrogen-bond acceptors (Lipinski definition) is 4. The third kappa shape index (κ3) is 3.18. The van der Waals surface area contributed by atoms with Crippen LogP contribution in [0.5, 0.6) is 5.88 Å². The summed E-state index contributed by atoms with van der Waals surface area (Å²) in [4.78, 5) is 13.4. The second-order valence-electron chi connectivity index (χ2n) is 2.96. The van der Waals surface area contributed by atoms with Gasteiger partial charge < -0.3 is 15.6 Å². The summed E-state index contributed by atoms with van der Waals surface area (Å²) in [5.41, 5.74) is 1.84. The first-order valence-corrected chi connectivity index (χ1v) is 4.19. The van der Waals surface area contributed by atoms with E-state index in [-0.39, 0.29) is 0 Å². The Labute approximate surface area is 96.0 Å². The molecule has 5 nitrogen and oxygen atoms in total. The molecule has 0 radical (unpaired) electrons. The number of hydrogen-bond donors (Lipinski definition) is 2. The van der Waals surface area contributed by atoms with Gasteiger partial charge in [0.2, 0.25) is 5.88 Å². The molecule has 0 unspecified atom stereocenters. The quantitative estimate of drug-likeness (QED) is 0.824. The fraction of sp³-hybridized carbons (Fsp3) is 0.250. The number of nitrogen functional groups attached to an aromatic ring is 1. The zero-order chi connectivity index (χ0) is 14.1. The lowest BCUT2D eigenvalue weighted by molar-refractivity contribution is -0.276. The first-order valence-electron chi connectivity index (χ1n) is 4.19. The Kier molecular flexibility index (Phi) is 3.58. The number of anilines is 1. The number of alkyl halides is 5.